The molecule has 1 amide bonds. The summed E-state index contributed by atoms with van der Waals surface area (Å²) < 4.78 is 7.61. The molecule has 0 unspecified atom stereocenters. The molecule has 0 radical (unpaired) electrons. The highest BCUT2D eigenvalue weighted by Crippen LogP contribution is 2.20. The van der Waals surface area contributed by atoms with Crippen LogP contribution in [0.1, 0.15) is 52.1 Å². The number of aromatic nitrogens is 3. The van der Waals surface area contributed by atoms with E-state index in [0.29, 0.717) is 12.2 Å². The number of aryl methyl sites for hydroxylation is 4. The summed E-state index contributed by atoms with van der Waals surface area (Å²) >= 11 is 0. The van der Waals surface area contributed by atoms with E-state index in [0.717, 1.165) is 53.6 Å². The molecule has 38 heavy (non-hydrogen) atoms. The number of amides is 1. The summed E-state index contributed by atoms with van der Waals surface area (Å²) in [5.41, 5.74) is 5.86. The quantitative estimate of drug-likeness (QED) is 0.307. The lowest BCUT2D eigenvalue weighted by molar-refractivity contribution is -0.139. The monoisotopic (exact) mass is 512 g/mol. The second-order valence-electron chi connectivity index (χ2n) is 9.82. The Morgan fingerprint density at radius 1 is 1.08 bits per heavy atom. The van der Waals surface area contributed by atoms with Crippen LogP contribution < -0.4 is 10.1 Å². The normalized spacial score (nSPS) is 13.6. The predicted octanol–water partition coefficient (Wildman–Crippen LogP) is 4.28. The van der Waals surface area contributed by atoms with Gasteiger partial charge in [-0.05, 0) is 86.1 Å². The van der Waals surface area contributed by atoms with Crippen molar-refractivity contribution in [2.75, 3.05) is 6.61 Å². The minimum Gasteiger partial charge on any atom is -0.494 e. The van der Waals surface area contributed by atoms with Gasteiger partial charge in [-0.2, -0.15) is 5.10 Å². The molecule has 0 saturated carbocycles. The van der Waals surface area contributed by atoms with Crippen LogP contribution in [0.5, 0.6) is 5.75 Å². The molecule has 0 bridgehead atoms. The van der Waals surface area contributed by atoms with E-state index in [9.17, 15) is 14.7 Å². The Bertz CT molecular complexity index is 1440. The molecule has 8 nitrogen and oxygen atoms in total. The van der Waals surface area contributed by atoms with E-state index in [1.807, 2.05) is 31.3 Å². The zero-order valence-corrected chi connectivity index (χ0v) is 21.5. The molecule has 0 fully saturated rings. The number of nitrogens with zero attached hydrogens (tertiary/aromatic N) is 3. The van der Waals surface area contributed by atoms with Crippen molar-refractivity contribution in [1.82, 2.24) is 20.1 Å². The van der Waals surface area contributed by atoms with E-state index in [1.165, 1.54) is 24.1 Å². The molecule has 2 N–H and O–H groups in total. The van der Waals surface area contributed by atoms with Crippen LogP contribution in [-0.4, -0.2) is 44.4 Å². The summed E-state index contributed by atoms with van der Waals surface area (Å²) in [7, 11) is 1.83. The van der Waals surface area contributed by atoms with E-state index in [1.54, 1.807) is 29.1 Å². The standard InChI is InChI=1S/C30H32N4O4/c1-34-28-15-11-22(18-23(28)19-31-34)29(35)33-27(30(36)37)17-20-8-13-25(14-9-20)38-16-4-6-24-12-10-21-5-2-3-7-26(21)32-24/h8-15,18-19,27H,2-7,16-17H2,1H3,(H,33,35)(H,36,37)/t27-/m0/s1. The van der Waals surface area contributed by atoms with Gasteiger partial charge in [0.15, 0.2) is 0 Å². The third-order valence-electron chi connectivity index (χ3n) is 7.06. The number of benzene rings is 2. The van der Waals surface area contributed by atoms with E-state index in [4.69, 9.17) is 9.72 Å². The molecule has 4 aromatic rings. The number of fused-ring (bicyclic) bond motifs is 2. The van der Waals surface area contributed by atoms with Crippen LogP contribution in [0.3, 0.4) is 0 Å². The smallest absolute Gasteiger partial charge is 0.326 e. The molecule has 0 spiro atoms. The van der Waals surface area contributed by atoms with Crippen molar-refractivity contribution in [1.29, 1.82) is 0 Å². The van der Waals surface area contributed by atoms with Gasteiger partial charge in [-0.3, -0.25) is 14.5 Å². The second-order valence-corrected chi connectivity index (χ2v) is 9.82. The van der Waals surface area contributed by atoms with Gasteiger partial charge in [0.1, 0.15) is 11.8 Å². The van der Waals surface area contributed by atoms with Gasteiger partial charge in [-0.1, -0.05) is 18.2 Å². The number of carbonyl (C=O) groups excluding carboxylic acids is 1. The summed E-state index contributed by atoms with van der Waals surface area (Å²) in [5, 5.41) is 17.3. The molecular weight excluding hydrogens is 480 g/mol. The zero-order valence-electron chi connectivity index (χ0n) is 21.5. The summed E-state index contributed by atoms with van der Waals surface area (Å²) in [6.45, 7) is 0.577. The molecule has 2 aromatic carbocycles. The number of carbonyl (C=O) groups is 2. The minimum atomic E-state index is -1.09. The van der Waals surface area contributed by atoms with Gasteiger partial charge in [-0.25, -0.2) is 4.79 Å². The summed E-state index contributed by atoms with van der Waals surface area (Å²) in [5.74, 6) is -0.790. The lowest BCUT2D eigenvalue weighted by Gasteiger charge is -2.16. The van der Waals surface area contributed by atoms with Crippen LogP contribution in [0.25, 0.3) is 10.9 Å². The Kier molecular flexibility index (Phi) is 7.67. The van der Waals surface area contributed by atoms with E-state index in [-0.39, 0.29) is 6.42 Å². The maximum atomic E-state index is 12.7. The molecule has 2 heterocycles. The molecule has 196 valence electrons. The van der Waals surface area contributed by atoms with Gasteiger partial charge in [0, 0.05) is 35.8 Å². The first-order chi connectivity index (χ1) is 18.5. The number of pyridine rings is 1. The number of nitrogens with one attached hydrogen (secondary N) is 1. The molecule has 8 heteroatoms. The lowest BCUT2D eigenvalue weighted by atomic mass is 9.95. The maximum absolute atomic E-state index is 12.7. The third-order valence-corrected chi connectivity index (χ3v) is 7.06. The van der Waals surface area contributed by atoms with Gasteiger partial charge >= 0.3 is 5.97 Å². The minimum absolute atomic E-state index is 0.167. The number of hydrogen-bond donors (Lipinski definition) is 2. The molecule has 1 aliphatic rings. The Labute approximate surface area is 221 Å². The molecule has 5 rings (SSSR count). The molecule has 1 atom stereocenters. The fourth-order valence-electron chi connectivity index (χ4n) is 4.91. The van der Waals surface area contributed by atoms with Crippen LogP contribution in [0.2, 0.25) is 0 Å². The van der Waals surface area contributed by atoms with E-state index in [2.05, 4.69) is 22.5 Å². The number of hydrogen-bond acceptors (Lipinski definition) is 5. The van der Waals surface area contributed by atoms with Gasteiger partial charge in [0.05, 0.1) is 18.3 Å². The van der Waals surface area contributed by atoms with Crippen LogP contribution in [0.15, 0.2) is 60.8 Å². The fraction of sp³-hybridized carbons (Fsp3) is 0.333. The van der Waals surface area contributed by atoms with Gasteiger partial charge < -0.3 is 15.2 Å². The van der Waals surface area contributed by atoms with E-state index < -0.39 is 17.9 Å². The SMILES string of the molecule is Cn1ncc2cc(C(=O)N[C@@H](Cc3ccc(OCCCc4ccc5c(n4)CCCC5)cc3)C(=O)O)ccc21. The van der Waals surface area contributed by atoms with Gasteiger partial charge in [0.2, 0.25) is 0 Å². The Hall–Kier alpha value is -4.20. The second kappa shape index (κ2) is 11.5. The highest BCUT2D eigenvalue weighted by atomic mass is 16.5. The number of aliphatic carboxylic acids is 1. The first-order valence-electron chi connectivity index (χ1n) is 13.1. The fourth-order valence-corrected chi connectivity index (χ4v) is 4.91. The van der Waals surface area contributed by atoms with Crippen molar-refractivity contribution in [2.45, 2.75) is 51.0 Å². The van der Waals surface area contributed by atoms with Crippen molar-refractivity contribution >= 4 is 22.8 Å². The van der Waals surface area contributed by atoms with Crippen LogP contribution in [0.4, 0.5) is 0 Å². The van der Waals surface area contributed by atoms with Crippen molar-refractivity contribution < 1.29 is 19.4 Å². The van der Waals surface area contributed by atoms with Crippen molar-refractivity contribution in [3.05, 3.63) is 88.9 Å². The van der Waals surface area contributed by atoms with Crippen molar-refractivity contribution in [2.24, 2.45) is 7.05 Å². The van der Waals surface area contributed by atoms with E-state index >= 15 is 0 Å². The zero-order chi connectivity index (χ0) is 26.5. The Morgan fingerprint density at radius 3 is 2.71 bits per heavy atom. The van der Waals surface area contributed by atoms with Crippen LogP contribution >= 0.6 is 0 Å². The number of rotatable bonds is 10. The number of ether oxygens (including phenoxy) is 1. The molecule has 2 aromatic heterocycles. The molecule has 0 saturated heterocycles. The van der Waals surface area contributed by atoms with Crippen molar-refractivity contribution in [3.63, 3.8) is 0 Å². The summed E-state index contributed by atoms with van der Waals surface area (Å²) in [6, 6.07) is 15.8. The first kappa shape index (κ1) is 25.4. The highest BCUT2D eigenvalue weighted by molar-refractivity contribution is 5.99. The van der Waals surface area contributed by atoms with Gasteiger partial charge in [0.25, 0.3) is 5.91 Å². The topological polar surface area (TPSA) is 106 Å². The molecule has 1 aliphatic carbocycles. The highest BCUT2D eigenvalue weighted by Gasteiger charge is 2.21. The van der Waals surface area contributed by atoms with Crippen LogP contribution in [0, 0.1) is 0 Å². The van der Waals surface area contributed by atoms with Gasteiger partial charge in [-0.15, -0.1) is 0 Å². The largest absolute Gasteiger partial charge is 0.494 e. The number of carboxylic acid groups (broad SMARTS) is 1. The Balaban J connectivity index is 1.11. The predicted molar refractivity (Wildman–Crippen MR) is 144 cm³/mol. The maximum Gasteiger partial charge on any atom is 0.326 e. The molecular formula is C30H32N4O4. The first-order valence-corrected chi connectivity index (χ1v) is 13.1. The number of carboxylic acids is 1. The lowest BCUT2D eigenvalue weighted by Crippen LogP contribution is -2.42. The van der Waals surface area contributed by atoms with Crippen molar-refractivity contribution in [3.8, 4) is 5.75 Å². The summed E-state index contributed by atoms with van der Waals surface area (Å²) in [6.07, 6.45) is 8.30. The third kappa shape index (κ3) is 6.02. The summed E-state index contributed by atoms with van der Waals surface area (Å²) in [4.78, 5) is 29.4. The average Bonchev–Trinajstić information content (AvgIpc) is 3.31. The Morgan fingerprint density at radius 2 is 1.89 bits per heavy atom. The average molecular weight is 513 g/mol. The molecule has 0 aliphatic heterocycles. The van der Waals surface area contributed by atoms with Crippen LogP contribution in [-0.2, 0) is 37.5 Å².